The molecule has 150 valence electrons. The van der Waals surface area contributed by atoms with Gasteiger partial charge in [-0.15, -0.1) is 11.3 Å². The molecule has 1 aromatic heterocycles. The van der Waals surface area contributed by atoms with Gasteiger partial charge in [-0.3, -0.25) is 4.79 Å². The fourth-order valence-corrected chi connectivity index (χ4v) is 5.67. The molecule has 3 atom stereocenters. The van der Waals surface area contributed by atoms with Crippen molar-refractivity contribution < 1.29 is 18.1 Å². The fourth-order valence-electron chi connectivity index (χ4n) is 4.22. The Morgan fingerprint density at radius 3 is 2.64 bits per heavy atom. The molecule has 8 heteroatoms. The van der Waals surface area contributed by atoms with Gasteiger partial charge in [-0.05, 0) is 48.9 Å². The monoisotopic (exact) mass is 420 g/mol. The molecular formula is C20H26N3O3S2+. The van der Waals surface area contributed by atoms with E-state index in [2.05, 4.69) is 16.8 Å². The Morgan fingerprint density at radius 2 is 2.00 bits per heavy atom. The van der Waals surface area contributed by atoms with Crippen LogP contribution in [0.5, 0.6) is 0 Å². The maximum absolute atomic E-state index is 12.7. The Balaban J connectivity index is 1.40. The summed E-state index contributed by atoms with van der Waals surface area (Å²) in [6, 6.07) is 8.85. The minimum absolute atomic E-state index is 0.0300. The van der Waals surface area contributed by atoms with Crippen molar-refractivity contribution in [2.45, 2.75) is 43.2 Å². The van der Waals surface area contributed by atoms with Crippen LogP contribution in [0.25, 0.3) is 0 Å². The van der Waals surface area contributed by atoms with E-state index >= 15 is 0 Å². The van der Waals surface area contributed by atoms with E-state index in [1.54, 1.807) is 12.1 Å². The molecule has 1 aromatic carbocycles. The number of carbonyl (C=O) groups is 1. The number of sulfonamides is 1. The SMILES string of the molecule is C[C@@H](NC(=O)C[NH+]1CCc2sccc2[C@@H]1C1CC1)c1ccc(S(N)(=O)=O)cc1. The first-order valence-corrected chi connectivity index (χ1v) is 12.1. The van der Waals surface area contributed by atoms with E-state index in [0.29, 0.717) is 18.5 Å². The summed E-state index contributed by atoms with van der Waals surface area (Å²) in [5.41, 5.74) is 2.31. The van der Waals surface area contributed by atoms with Gasteiger partial charge in [0, 0.05) is 22.8 Å². The molecule has 2 aromatic rings. The summed E-state index contributed by atoms with van der Waals surface area (Å²) in [5, 5.41) is 10.4. The molecule has 28 heavy (non-hydrogen) atoms. The lowest BCUT2D eigenvalue weighted by molar-refractivity contribution is -0.928. The Morgan fingerprint density at radius 1 is 1.29 bits per heavy atom. The van der Waals surface area contributed by atoms with Crippen LogP contribution in [0.2, 0.25) is 0 Å². The number of thiophene rings is 1. The van der Waals surface area contributed by atoms with Crippen LogP contribution in [0, 0.1) is 5.92 Å². The van der Waals surface area contributed by atoms with Crippen LogP contribution in [0.1, 0.15) is 47.9 Å². The Kier molecular flexibility index (Phi) is 5.30. The Bertz CT molecular complexity index is 965. The summed E-state index contributed by atoms with van der Waals surface area (Å²) in [6.07, 6.45) is 3.57. The highest BCUT2D eigenvalue weighted by atomic mass is 32.2. The van der Waals surface area contributed by atoms with Crippen molar-refractivity contribution in [3.05, 3.63) is 51.7 Å². The van der Waals surface area contributed by atoms with E-state index in [1.165, 1.54) is 40.3 Å². The van der Waals surface area contributed by atoms with E-state index in [4.69, 9.17) is 5.14 Å². The second-order valence-electron chi connectivity index (χ2n) is 7.85. The highest BCUT2D eigenvalue weighted by Gasteiger charge is 2.43. The molecule has 4 N–H and O–H groups in total. The van der Waals surface area contributed by atoms with Crippen LogP contribution in [0.15, 0.2) is 40.6 Å². The number of fused-ring (bicyclic) bond motifs is 1. The largest absolute Gasteiger partial charge is 0.345 e. The molecule has 4 rings (SSSR count). The minimum atomic E-state index is -3.71. The summed E-state index contributed by atoms with van der Waals surface area (Å²) in [7, 11) is -3.71. The summed E-state index contributed by atoms with van der Waals surface area (Å²) in [4.78, 5) is 15.6. The number of carbonyl (C=O) groups excluding carboxylic acids is 1. The van der Waals surface area contributed by atoms with E-state index in [9.17, 15) is 13.2 Å². The van der Waals surface area contributed by atoms with Crippen molar-refractivity contribution in [2.24, 2.45) is 11.1 Å². The molecule has 0 radical (unpaired) electrons. The number of hydrogen-bond acceptors (Lipinski definition) is 4. The number of nitrogens with one attached hydrogen (secondary N) is 2. The standard InChI is InChI=1S/C20H25N3O3S2/c1-13(14-4-6-16(7-5-14)28(21,25)26)22-19(24)12-23-10-8-18-17(9-11-27-18)20(23)15-2-3-15/h4-7,9,11,13,15,20H,2-3,8,10,12H2,1H3,(H,22,24)(H2,21,25,26)/p+1/t13-,20+/m1/s1. The maximum Gasteiger partial charge on any atom is 0.275 e. The zero-order valence-electron chi connectivity index (χ0n) is 15.9. The van der Waals surface area contributed by atoms with Crippen molar-refractivity contribution in [1.29, 1.82) is 0 Å². The molecule has 0 spiro atoms. The summed E-state index contributed by atoms with van der Waals surface area (Å²) >= 11 is 1.84. The normalized spacial score (nSPS) is 23.1. The number of nitrogens with two attached hydrogens (primary N) is 1. The third kappa shape index (κ3) is 4.15. The zero-order valence-corrected chi connectivity index (χ0v) is 17.5. The zero-order chi connectivity index (χ0) is 19.9. The number of quaternary nitrogens is 1. The first-order valence-electron chi connectivity index (χ1n) is 9.66. The van der Waals surface area contributed by atoms with E-state index in [-0.39, 0.29) is 16.8 Å². The lowest BCUT2D eigenvalue weighted by Gasteiger charge is -2.32. The summed E-state index contributed by atoms with van der Waals surface area (Å²) < 4.78 is 22.8. The third-order valence-corrected chi connectivity index (χ3v) is 7.72. The average Bonchev–Trinajstić information content (AvgIpc) is 3.37. The molecule has 1 saturated carbocycles. The van der Waals surface area contributed by atoms with Gasteiger partial charge in [0.25, 0.3) is 5.91 Å². The van der Waals surface area contributed by atoms with Gasteiger partial charge in [0.1, 0.15) is 6.04 Å². The smallest absolute Gasteiger partial charge is 0.275 e. The van der Waals surface area contributed by atoms with E-state index in [0.717, 1.165) is 18.5 Å². The summed E-state index contributed by atoms with van der Waals surface area (Å²) in [6.45, 7) is 3.38. The van der Waals surface area contributed by atoms with Gasteiger partial charge >= 0.3 is 0 Å². The van der Waals surface area contributed by atoms with Crippen LogP contribution in [-0.2, 0) is 21.2 Å². The van der Waals surface area contributed by atoms with Gasteiger partial charge in [0.05, 0.1) is 17.5 Å². The highest BCUT2D eigenvalue weighted by molar-refractivity contribution is 7.89. The van der Waals surface area contributed by atoms with Crippen LogP contribution >= 0.6 is 11.3 Å². The number of amides is 1. The molecule has 1 fully saturated rings. The molecular weight excluding hydrogens is 394 g/mol. The molecule has 0 bridgehead atoms. The second-order valence-corrected chi connectivity index (χ2v) is 10.4. The Hall–Kier alpha value is -1.74. The number of rotatable bonds is 6. The van der Waals surface area contributed by atoms with Crippen molar-refractivity contribution in [1.82, 2.24) is 5.32 Å². The number of hydrogen-bond donors (Lipinski definition) is 3. The average molecular weight is 421 g/mol. The van der Waals surface area contributed by atoms with E-state index in [1.807, 2.05) is 18.3 Å². The van der Waals surface area contributed by atoms with Gasteiger partial charge in [-0.1, -0.05) is 12.1 Å². The van der Waals surface area contributed by atoms with Crippen LogP contribution in [0.3, 0.4) is 0 Å². The van der Waals surface area contributed by atoms with Gasteiger partial charge in [0.2, 0.25) is 10.0 Å². The maximum atomic E-state index is 12.7. The van der Waals surface area contributed by atoms with Crippen molar-refractivity contribution in [3.8, 4) is 0 Å². The highest BCUT2D eigenvalue weighted by Crippen LogP contribution is 2.42. The lowest BCUT2D eigenvalue weighted by atomic mass is 9.96. The predicted molar refractivity (Wildman–Crippen MR) is 109 cm³/mol. The molecule has 2 aliphatic rings. The fraction of sp³-hybridized carbons (Fsp3) is 0.450. The van der Waals surface area contributed by atoms with Crippen molar-refractivity contribution >= 4 is 27.3 Å². The number of benzene rings is 1. The quantitative estimate of drug-likeness (QED) is 0.655. The number of primary sulfonamides is 1. The molecule has 6 nitrogen and oxygen atoms in total. The topological polar surface area (TPSA) is 93.7 Å². The van der Waals surface area contributed by atoms with Crippen molar-refractivity contribution in [3.63, 3.8) is 0 Å². The first-order chi connectivity index (χ1) is 13.3. The third-order valence-electron chi connectivity index (χ3n) is 5.80. The molecule has 1 unspecified atom stereocenters. The van der Waals surface area contributed by atoms with Crippen LogP contribution < -0.4 is 15.4 Å². The summed E-state index contributed by atoms with van der Waals surface area (Å²) in [5.74, 6) is 0.738. The minimum Gasteiger partial charge on any atom is -0.345 e. The molecule has 0 saturated heterocycles. The van der Waals surface area contributed by atoms with Gasteiger partial charge in [-0.25, -0.2) is 13.6 Å². The molecule has 1 aliphatic carbocycles. The van der Waals surface area contributed by atoms with Gasteiger partial charge < -0.3 is 10.2 Å². The van der Waals surface area contributed by atoms with Gasteiger partial charge in [0.15, 0.2) is 6.54 Å². The molecule has 2 heterocycles. The lowest BCUT2D eigenvalue weighted by Crippen LogP contribution is -3.14. The Labute approximate surface area is 169 Å². The van der Waals surface area contributed by atoms with Gasteiger partial charge in [-0.2, -0.15) is 0 Å². The predicted octanol–water partition coefficient (Wildman–Crippen LogP) is 1.17. The van der Waals surface area contributed by atoms with E-state index < -0.39 is 10.0 Å². The van der Waals surface area contributed by atoms with Crippen molar-refractivity contribution in [2.75, 3.05) is 13.1 Å². The molecule has 1 aliphatic heterocycles. The first kappa shape index (κ1) is 19.6. The molecule has 1 amide bonds. The van der Waals surface area contributed by atoms with Crippen LogP contribution in [0.4, 0.5) is 0 Å². The second kappa shape index (κ2) is 7.59. The van der Waals surface area contributed by atoms with Crippen LogP contribution in [-0.4, -0.2) is 27.4 Å².